The Morgan fingerprint density at radius 3 is 2.75 bits per heavy atom. The number of carbonyl (C=O) groups excluding carboxylic acids is 1. The molecular weight excluding hydrogens is 360 g/mol. The van der Waals surface area contributed by atoms with E-state index >= 15 is 0 Å². The van der Waals surface area contributed by atoms with Gasteiger partial charge < -0.3 is 14.8 Å². The van der Waals surface area contributed by atoms with Gasteiger partial charge in [0.15, 0.2) is 0 Å². The number of rotatable bonds is 5. The maximum absolute atomic E-state index is 12.4. The number of H-pyrrole nitrogens is 1. The summed E-state index contributed by atoms with van der Waals surface area (Å²) in [5.74, 6) is 2.06. The third-order valence-corrected chi connectivity index (χ3v) is 4.68. The topological polar surface area (TPSA) is 121 Å². The highest BCUT2D eigenvalue weighted by Gasteiger charge is 2.22. The average molecular weight is 382 g/mol. The summed E-state index contributed by atoms with van der Waals surface area (Å²) in [6, 6.07) is -0.103. The van der Waals surface area contributed by atoms with Gasteiger partial charge in [-0.2, -0.15) is 5.10 Å². The fraction of sp³-hybridized carbons (Fsp3) is 0.412. The zero-order valence-corrected chi connectivity index (χ0v) is 15.6. The van der Waals surface area contributed by atoms with E-state index < -0.39 is 0 Å². The molecule has 0 atom stereocenters. The monoisotopic (exact) mass is 382 g/mol. The summed E-state index contributed by atoms with van der Waals surface area (Å²) in [6.45, 7) is 4.07. The lowest BCUT2D eigenvalue weighted by molar-refractivity contribution is 0.132. The maximum Gasteiger partial charge on any atom is 0.317 e. The van der Waals surface area contributed by atoms with E-state index in [1.165, 1.54) is 0 Å². The molecule has 0 aliphatic carbocycles. The van der Waals surface area contributed by atoms with Crippen molar-refractivity contribution in [3.63, 3.8) is 0 Å². The van der Waals surface area contributed by atoms with Crippen molar-refractivity contribution in [1.82, 2.24) is 49.8 Å². The summed E-state index contributed by atoms with van der Waals surface area (Å²) in [5, 5.41) is 9.82. The van der Waals surface area contributed by atoms with Gasteiger partial charge in [-0.3, -0.25) is 15.0 Å². The number of urea groups is 1. The van der Waals surface area contributed by atoms with Gasteiger partial charge in [0.1, 0.15) is 17.3 Å². The first kappa shape index (κ1) is 18.0. The molecule has 28 heavy (non-hydrogen) atoms. The first-order valence-electron chi connectivity index (χ1n) is 9.08. The van der Waals surface area contributed by atoms with Crippen LogP contribution in [0.15, 0.2) is 31.0 Å². The van der Waals surface area contributed by atoms with Gasteiger partial charge >= 0.3 is 6.03 Å². The molecule has 1 aliphatic heterocycles. The molecule has 3 aromatic heterocycles. The van der Waals surface area contributed by atoms with Crippen LogP contribution < -0.4 is 5.32 Å². The Labute approximate surface area is 161 Å². The van der Waals surface area contributed by atoms with Gasteiger partial charge in [-0.05, 0) is 0 Å². The smallest absolute Gasteiger partial charge is 0.317 e. The predicted molar refractivity (Wildman–Crippen MR) is 99.7 cm³/mol. The Kier molecular flexibility index (Phi) is 5.24. The van der Waals surface area contributed by atoms with Crippen LogP contribution in [-0.2, 0) is 20.1 Å². The third kappa shape index (κ3) is 4.14. The summed E-state index contributed by atoms with van der Waals surface area (Å²) >= 11 is 0. The number of aromatic amines is 1. The van der Waals surface area contributed by atoms with Crippen LogP contribution in [0.2, 0.25) is 0 Å². The minimum Gasteiger partial charge on any atom is -0.337 e. The Balaban J connectivity index is 1.24. The number of carbonyl (C=O) groups is 1. The molecule has 2 amide bonds. The van der Waals surface area contributed by atoms with Crippen LogP contribution in [0.5, 0.6) is 0 Å². The fourth-order valence-corrected chi connectivity index (χ4v) is 3.03. The molecule has 1 fully saturated rings. The molecule has 0 saturated carbocycles. The summed E-state index contributed by atoms with van der Waals surface area (Å²) in [7, 11) is 1.99. The van der Waals surface area contributed by atoms with Gasteiger partial charge in [-0.1, -0.05) is 0 Å². The second-order valence-corrected chi connectivity index (χ2v) is 6.57. The first-order chi connectivity index (χ1) is 13.7. The maximum atomic E-state index is 12.4. The van der Waals surface area contributed by atoms with Gasteiger partial charge in [0, 0.05) is 58.0 Å². The minimum absolute atomic E-state index is 0.103. The zero-order chi connectivity index (χ0) is 19.3. The Morgan fingerprint density at radius 2 is 2.04 bits per heavy atom. The molecule has 4 rings (SSSR count). The van der Waals surface area contributed by atoms with E-state index in [1.807, 2.05) is 22.7 Å². The van der Waals surface area contributed by atoms with Crippen LogP contribution in [0, 0.1) is 0 Å². The predicted octanol–water partition coefficient (Wildman–Crippen LogP) is 0.0226. The van der Waals surface area contributed by atoms with Crippen LogP contribution in [0.1, 0.15) is 11.6 Å². The highest BCUT2D eigenvalue weighted by Crippen LogP contribution is 2.09. The number of amides is 2. The van der Waals surface area contributed by atoms with E-state index in [4.69, 9.17) is 0 Å². The van der Waals surface area contributed by atoms with Gasteiger partial charge in [0.25, 0.3) is 0 Å². The summed E-state index contributed by atoms with van der Waals surface area (Å²) in [4.78, 5) is 33.4. The lowest BCUT2D eigenvalue weighted by Crippen LogP contribution is -2.51. The van der Waals surface area contributed by atoms with Crippen LogP contribution in [0.25, 0.3) is 11.5 Å². The quantitative estimate of drug-likeness (QED) is 0.638. The summed E-state index contributed by atoms with van der Waals surface area (Å²) < 4.78 is 2.02. The van der Waals surface area contributed by atoms with Crippen molar-refractivity contribution >= 4 is 6.03 Å². The molecule has 0 spiro atoms. The van der Waals surface area contributed by atoms with Crippen molar-refractivity contribution in [3.8, 4) is 11.5 Å². The molecule has 2 N–H and O–H groups in total. The van der Waals surface area contributed by atoms with E-state index in [9.17, 15) is 4.79 Å². The molecular formula is C17H22N10O. The van der Waals surface area contributed by atoms with Crippen molar-refractivity contribution < 1.29 is 4.79 Å². The molecule has 1 aliphatic rings. The van der Waals surface area contributed by atoms with Crippen molar-refractivity contribution in [1.29, 1.82) is 0 Å². The molecule has 11 heteroatoms. The number of hydrogen-bond acceptors (Lipinski definition) is 7. The molecule has 146 valence electrons. The lowest BCUT2D eigenvalue weighted by atomic mass is 10.3. The molecule has 4 heterocycles. The Hall–Kier alpha value is -3.34. The Bertz CT molecular complexity index is 913. The largest absolute Gasteiger partial charge is 0.337 e. The average Bonchev–Trinajstić information content (AvgIpc) is 3.37. The van der Waals surface area contributed by atoms with Crippen LogP contribution >= 0.6 is 0 Å². The van der Waals surface area contributed by atoms with E-state index in [2.05, 4.69) is 40.3 Å². The molecule has 0 aromatic carbocycles. The van der Waals surface area contributed by atoms with Gasteiger partial charge in [-0.15, -0.1) is 0 Å². The second kappa shape index (κ2) is 8.13. The number of imidazole rings is 1. The van der Waals surface area contributed by atoms with Crippen LogP contribution in [0.3, 0.4) is 0 Å². The van der Waals surface area contributed by atoms with Crippen molar-refractivity contribution in [3.05, 3.63) is 42.6 Å². The fourth-order valence-electron chi connectivity index (χ4n) is 3.03. The number of nitrogens with zero attached hydrogens (tertiary/aromatic N) is 8. The van der Waals surface area contributed by atoms with E-state index in [-0.39, 0.29) is 12.6 Å². The van der Waals surface area contributed by atoms with E-state index in [0.29, 0.717) is 30.4 Å². The highest BCUT2D eigenvalue weighted by molar-refractivity contribution is 5.74. The van der Waals surface area contributed by atoms with Crippen molar-refractivity contribution in [2.24, 2.45) is 7.05 Å². The van der Waals surface area contributed by atoms with Gasteiger partial charge in [-0.25, -0.2) is 19.7 Å². The number of aromatic nitrogens is 7. The number of nitrogens with one attached hydrogen (secondary N) is 2. The summed E-state index contributed by atoms with van der Waals surface area (Å²) in [5.41, 5.74) is 0.583. The normalized spacial score (nSPS) is 15.0. The number of piperazine rings is 1. The second-order valence-electron chi connectivity index (χ2n) is 6.57. The Morgan fingerprint density at radius 1 is 1.18 bits per heavy atom. The van der Waals surface area contributed by atoms with E-state index in [1.54, 1.807) is 24.8 Å². The molecule has 3 aromatic rings. The van der Waals surface area contributed by atoms with Gasteiger partial charge in [0.2, 0.25) is 5.82 Å². The van der Waals surface area contributed by atoms with Crippen molar-refractivity contribution in [2.45, 2.75) is 13.1 Å². The van der Waals surface area contributed by atoms with Crippen molar-refractivity contribution in [2.75, 3.05) is 26.2 Å². The van der Waals surface area contributed by atoms with Crippen LogP contribution in [-0.4, -0.2) is 76.7 Å². The third-order valence-electron chi connectivity index (χ3n) is 4.68. The minimum atomic E-state index is -0.103. The SMILES string of the molecule is Cn1ccnc1CN1CCN(C(=O)NCc2nc(-c3cnccn3)n[nH]2)CC1. The number of hydrogen-bond donors (Lipinski definition) is 2. The molecule has 0 unspecified atom stereocenters. The van der Waals surface area contributed by atoms with Gasteiger partial charge in [0.05, 0.1) is 19.3 Å². The first-order valence-corrected chi connectivity index (χ1v) is 9.08. The molecule has 11 nitrogen and oxygen atoms in total. The molecule has 0 radical (unpaired) electrons. The molecule has 1 saturated heterocycles. The molecule has 0 bridgehead atoms. The zero-order valence-electron chi connectivity index (χ0n) is 15.6. The highest BCUT2D eigenvalue weighted by atomic mass is 16.2. The number of aryl methyl sites for hydroxylation is 1. The standard InChI is InChI=1S/C17H22N10O/c1-25-5-4-20-15(25)12-26-6-8-27(9-7-26)17(28)21-11-14-22-16(24-23-14)13-10-18-2-3-19-13/h2-5,10H,6-9,11-12H2,1H3,(H,21,28)(H,22,23,24). The lowest BCUT2D eigenvalue weighted by Gasteiger charge is -2.34. The summed E-state index contributed by atoms with van der Waals surface area (Å²) in [6.07, 6.45) is 8.51. The van der Waals surface area contributed by atoms with E-state index in [0.717, 1.165) is 25.5 Å². The van der Waals surface area contributed by atoms with Crippen LogP contribution in [0.4, 0.5) is 4.79 Å².